The van der Waals surface area contributed by atoms with Gasteiger partial charge in [-0.05, 0) is 19.4 Å². The second-order valence-electron chi connectivity index (χ2n) is 4.36. The minimum absolute atomic E-state index is 0.0347. The zero-order valence-corrected chi connectivity index (χ0v) is 11.7. The number of carbonyl (C=O) groups is 1. The van der Waals surface area contributed by atoms with Crippen LogP contribution in [0.1, 0.15) is 16.7 Å². The minimum Gasteiger partial charge on any atom is -0.354 e. The van der Waals surface area contributed by atoms with Gasteiger partial charge in [0.2, 0.25) is 5.91 Å². The lowest BCUT2D eigenvalue weighted by molar-refractivity contribution is -0.118. The number of carbonyl (C=O) groups excluding carboxylic acids is 1. The smallest absolute Gasteiger partial charge is 0.232 e. The summed E-state index contributed by atoms with van der Waals surface area (Å²) in [6, 6.07) is 6.08. The minimum atomic E-state index is -1.17. The van der Waals surface area contributed by atoms with Crippen LogP contribution >= 0.6 is 0 Å². The van der Waals surface area contributed by atoms with E-state index in [-0.39, 0.29) is 11.7 Å². The van der Waals surface area contributed by atoms with Crippen molar-refractivity contribution in [1.29, 1.82) is 0 Å². The fraction of sp³-hybridized carbons (Fsp3) is 0.462. The first-order valence-electron chi connectivity index (χ1n) is 5.90. The van der Waals surface area contributed by atoms with Gasteiger partial charge in [-0.2, -0.15) is 0 Å². The van der Waals surface area contributed by atoms with Crippen LogP contribution in [-0.2, 0) is 21.3 Å². The Labute approximate surface area is 110 Å². The number of benzene rings is 1. The van der Waals surface area contributed by atoms with E-state index in [9.17, 15) is 9.00 Å². The Morgan fingerprint density at radius 2 is 1.89 bits per heavy atom. The van der Waals surface area contributed by atoms with Gasteiger partial charge in [-0.1, -0.05) is 29.3 Å². The predicted octanol–water partition coefficient (Wildman–Crippen LogP) is 0.627. The van der Waals surface area contributed by atoms with Crippen LogP contribution in [0.2, 0.25) is 0 Å². The molecular weight excluding hydrogens is 248 g/mol. The zero-order chi connectivity index (χ0) is 13.5. The molecule has 1 aromatic carbocycles. The van der Waals surface area contributed by atoms with Crippen molar-refractivity contribution in [2.75, 3.05) is 18.8 Å². The molecule has 1 amide bonds. The average molecular weight is 268 g/mol. The fourth-order valence-electron chi connectivity index (χ4n) is 1.80. The van der Waals surface area contributed by atoms with Crippen molar-refractivity contribution >= 4 is 16.7 Å². The van der Waals surface area contributed by atoms with E-state index in [2.05, 4.69) is 11.4 Å². The summed E-state index contributed by atoms with van der Waals surface area (Å²) in [7, 11) is -1.17. The summed E-state index contributed by atoms with van der Waals surface area (Å²) in [6.07, 6.45) is 0. The number of aryl methyl sites for hydroxylation is 2. The molecule has 0 saturated heterocycles. The summed E-state index contributed by atoms with van der Waals surface area (Å²) in [5.41, 5.74) is 8.58. The highest BCUT2D eigenvalue weighted by atomic mass is 32.2. The fourth-order valence-corrected chi connectivity index (χ4v) is 2.83. The van der Waals surface area contributed by atoms with E-state index in [1.807, 2.05) is 26.0 Å². The SMILES string of the molecule is Cc1cc(C)cc(CS(=O)CC(=O)NCCN)c1. The second-order valence-corrected chi connectivity index (χ2v) is 5.82. The standard InChI is InChI=1S/C13H20N2O2S/c1-10-5-11(2)7-12(6-10)8-18(17)9-13(16)15-4-3-14/h5-7H,3-4,8-9,14H2,1-2H3,(H,15,16). The Hall–Kier alpha value is -1.20. The summed E-state index contributed by atoms with van der Waals surface area (Å²) in [5, 5.41) is 2.61. The maximum Gasteiger partial charge on any atom is 0.232 e. The molecule has 5 heteroatoms. The molecular formula is C13H20N2O2S. The lowest BCUT2D eigenvalue weighted by atomic mass is 10.1. The molecule has 3 N–H and O–H groups in total. The monoisotopic (exact) mass is 268 g/mol. The molecule has 0 aliphatic rings. The van der Waals surface area contributed by atoms with Crippen molar-refractivity contribution in [3.8, 4) is 0 Å². The Kier molecular flexibility index (Phi) is 6.01. The maximum absolute atomic E-state index is 11.8. The first-order chi connectivity index (χ1) is 8.51. The van der Waals surface area contributed by atoms with Crippen molar-refractivity contribution in [1.82, 2.24) is 5.32 Å². The zero-order valence-electron chi connectivity index (χ0n) is 10.9. The van der Waals surface area contributed by atoms with E-state index in [0.29, 0.717) is 18.8 Å². The van der Waals surface area contributed by atoms with Crippen molar-refractivity contribution in [2.24, 2.45) is 5.73 Å². The van der Waals surface area contributed by atoms with Gasteiger partial charge in [0.05, 0.1) is 0 Å². The summed E-state index contributed by atoms with van der Waals surface area (Å²) in [6.45, 7) is 4.84. The molecule has 0 aromatic heterocycles. The second kappa shape index (κ2) is 7.28. The predicted molar refractivity (Wildman–Crippen MR) is 74.7 cm³/mol. The van der Waals surface area contributed by atoms with Crippen LogP contribution in [0.25, 0.3) is 0 Å². The molecule has 1 aromatic rings. The van der Waals surface area contributed by atoms with Crippen LogP contribution in [0.15, 0.2) is 18.2 Å². The lowest BCUT2D eigenvalue weighted by Crippen LogP contribution is -2.32. The highest BCUT2D eigenvalue weighted by Gasteiger charge is 2.08. The lowest BCUT2D eigenvalue weighted by Gasteiger charge is -2.06. The quantitative estimate of drug-likeness (QED) is 0.795. The third kappa shape index (κ3) is 5.42. The normalized spacial score (nSPS) is 12.2. The van der Waals surface area contributed by atoms with Gasteiger partial charge in [0, 0.05) is 29.6 Å². The van der Waals surface area contributed by atoms with Crippen molar-refractivity contribution in [2.45, 2.75) is 19.6 Å². The number of rotatable bonds is 6. The molecule has 100 valence electrons. The molecule has 0 heterocycles. The van der Waals surface area contributed by atoms with Crippen LogP contribution in [0.4, 0.5) is 0 Å². The van der Waals surface area contributed by atoms with E-state index in [0.717, 1.165) is 16.7 Å². The van der Waals surface area contributed by atoms with E-state index in [4.69, 9.17) is 5.73 Å². The largest absolute Gasteiger partial charge is 0.354 e. The number of hydrogen-bond acceptors (Lipinski definition) is 3. The van der Waals surface area contributed by atoms with Crippen LogP contribution in [0, 0.1) is 13.8 Å². The Balaban J connectivity index is 2.51. The molecule has 4 nitrogen and oxygen atoms in total. The van der Waals surface area contributed by atoms with E-state index in [1.165, 1.54) is 0 Å². The van der Waals surface area contributed by atoms with Gasteiger partial charge in [0.15, 0.2) is 0 Å². The van der Waals surface area contributed by atoms with Crippen LogP contribution in [0.5, 0.6) is 0 Å². The van der Waals surface area contributed by atoms with Gasteiger partial charge in [-0.15, -0.1) is 0 Å². The van der Waals surface area contributed by atoms with E-state index >= 15 is 0 Å². The number of nitrogens with two attached hydrogens (primary N) is 1. The highest BCUT2D eigenvalue weighted by molar-refractivity contribution is 7.84. The third-order valence-corrected chi connectivity index (χ3v) is 3.61. The highest BCUT2D eigenvalue weighted by Crippen LogP contribution is 2.10. The summed E-state index contributed by atoms with van der Waals surface area (Å²) >= 11 is 0. The maximum atomic E-state index is 11.8. The molecule has 0 aliphatic carbocycles. The van der Waals surface area contributed by atoms with Crippen LogP contribution in [0.3, 0.4) is 0 Å². The van der Waals surface area contributed by atoms with E-state index in [1.54, 1.807) is 0 Å². The van der Waals surface area contributed by atoms with Crippen LogP contribution in [-0.4, -0.2) is 29.0 Å². The molecule has 0 saturated carbocycles. The average Bonchev–Trinajstić information content (AvgIpc) is 2.24. The third-order valence-electron chi connectivity index (χ3n) is 2.37. The molecule has 18 heavy (non-hydrogen) atoms. The molecule has 0 fully saturated rings. The molecule has 0 spiro atoms. The van der Waals surface area contributed by atoms with Gasteiger partial charge >= 0.3 is 0 Å². The van der Waals surface area contributed by atoms with Gasteiger partial charge < -0.3 is 11.1 Å². The molecule has 1 unspecified atom stereocenters. The van der Waals surface area contributed by atoms with Gasteiger partial charge in [-0.3, -0.25) is 9.00 Å². The molecule has 0 bridgehead atoms. The summed E-state index contributed by atoms with van der Waals surface area (Å²) < 4.78 is 11.8. The number of amides is 1. The van der Waals surface area contributed by atoms with Gasteiger partial charge in [0.25, 0.3) is 0 Å². The first kappa shape index (κ1) is 14.9. The molecule has 0 aliphatic heterocycles. The van der Waals surface area contributed by atoms with E-state index < -0.39 is 10.8 Å². The molecule has 1 atom stereocenters. The number of nitrogens with one attached hydrogen (secondary N) is 1. The van der Waals surface area contributed by atoms with Gasteiger partial charge in [0.1, 0.15) is 5.75 Å². The Bertz CT molecular complexity index is 426. The molecule has 1 rings (SSSR count). The van der Waals surface area contributed by atoms with Crippen molar-refractivity contribution in [3.63, 3.8) is 0 Å². The summed E-state index contributed by atoms with van der Waals surface area (Å²) in [4.78, 5) is 11.4. The first-order valence-corrected chi connectivity index (χ1v) is 7.39. The number of hydrogen-bond donors (Lipinski definition) is 2. The van der Waals surface area contributed by atoms with Crippen molar-refractivity contribution < 1.29 is 9.00 Å². The topological polar surface area (TPSA) is 72.2 Å². The van der Waals surface area contributed by atoms with Gasteiger partial charge in [-0.25, -0.2) is 0 Å². The van der Waals surface area contributed by atoms with Crippen molar-refractivity contribution in [3.05, 3.63) is 34.9 Å². The Morgan fingerprint density at radius 3 is 2.44 bits per heavy atom. The van der Waals surface area contributed by atoms with Crippen LogP contribution < -0.4 is 11.1 Å². The summed E-state index contributed by atoms with van der Waals surface area (Å²) in [5.74, 6) is 0.245. The Morgan fingerprint density at radius 1 is 1.28 bits per heavy atom. The molecule has 0 radical (unpaired) electrons.